The van der Waals surface area contributed by atoms with Crippen LogP contribution in [0.1, 0.15) is 19.8 Å². The van der Waals surface area contributed by atoms with Gasteiger partial charge in [0.15, 0.2) is 0 Å². The fourth-order valence-electron chi connectivity index (χ4n) is 1.48. The van der Waals surface area contributed by atoms with E-state index in [9.17, 15) is 13.2 Å². The molecule has 1 aromatic carbocycles. The highest BCUT2D eigenvalue weighted by molar-refractivity contribution is 7.92. The molecule has 0 spiro atoms. The Morgan fingerprint density at radius 1 is 1.26 bits per heavy atom. The molecular formula is C12H17ClN2O3S. The summed E-state index contributed by atoms with van der Waals surface area (Å²) in [5.74, 6) is 0.277. The molecule has 0 aliphatic carbocycles. The minimum absolute atomic E-state index is 0.0318. The number of amides is 1. The molecule has 0 bridgehead atoms. The Morgan fingerprint density at radius 2 is 1.95 bits per heavy atom. The summed E-state index contributed by atoms with van der Waals surface area (Å²) in [7, 11) is -3.37. The van der Waals surface area contributed by atoms with E-state index in [-0.39, 0.29) is 11.7 Å². The minimum atomic E-state index is -3.37. The van der Waals surface area contributed by atoms with Crippen LogP contribution in [0.15, 0.2) is 24.3 Å². The summed E-state index contributed by atoms with van der Waals surface area (Å²) in [6.07, 6.45) is 1.18. The topological polar surface area (TPSA) is 75.3 Å². The van der Waals surface area contributed by atoms with Crippen molar-refractivity contribution in [2.24, 2.45) is 0 Å². The molecule has 2 N–H and O–H groups in total. The summed E-state index contributed by atoms with van der Waals surface area (Å²) in [4.78, 5) is 10.9. The van der Waals surface area contributed by atoms with Crippen LogP contribution in [0.25, 0.3) is 0 Å². The first kappa shape index (κ1) is 15.8. The second kappa shape index (κ2) is 7.35. The van der Waals surface area contributed by atoms with Gasteiger partial charge in [-0.15, -0.1) is 11.6 Å². The fraction of sp³-hybridized carbons (Fsp3) is 0.417. The van der Waals surface area contributed by atoms with Crippen molar-refractivity contribution in [2.45, 2.75) is 19.8 Å². The van der Waals surface area contributed by atoms with E-state index in [1.165, 1.54) is 6.92 Å². The lowest BCUT2D eigenvalue weighted by atomic mass is 10.3. The highest BCUT2D eigenvalue weighted by Crippen LogP contribution is 2.16. The molecular weight excluding hydrogens is 288 g/mol. The van der Waals surface area contributed by atoms with Crippen molar-refractivity contribution in [3.63, 3.8) is 0 Å². The first-order valence-electron chi connectivity index (χ1n) is 5.87. The van der Waals surface area contributed by atoms with Gasteiger partial charge in [0.2, 0.25) is 15.9 Å². The van der Waals surface area contributed by atoms with E-state index in [4.69, 9.17) is 11.6 Å². The van der Waals surface area contributed by atoms with Crippen molar-refractivity contribution < 1.29 is 13.2 Å². The van der Waals surface area contributed by atoms with Gasteiger partial charge in [0.1, 0.15) is 0 Å². The monoisotopic (exact) mass is 304 g/mol. The summed E-state index contributed by atoms with van der Waals surface area (Å²) in [5, 5.41) is 2.59. The van der Waals surface area contributed by atoms with Gasteiger partial charge in [0.25, 0.3) is 0 Å². The number of carbonyl (C=O) groups excluding carboxylic acids is 1. The van der Waals surface area contributed by atoms with Crippen molar-refractivity contribution in [2.75, 3.05) is 21.7 Å². The molecule has 0 unspecified atom stereocenters. The van der Waals surface area contributed by atoms with E-state index in [2.05, 4.69) is 10.0 Å². The molecule has 0 atom stereocenters. The third kappa shape index (κ3) is 6.45. The van der Waals surface area contributed by atoms with Crippen LogP contribution in [0, 0.1) is 0 Å². The fourth-order valence-corrected chi connectivity index (χ4v) is 2.84. The summed E-state index contributed by atoms with van der Waals surface area (Å²) in [6.45, 7) is 1.39. The summed E-state index contributed by atoms with van der Waals surface area (Å²) >= 11 is 5.50. The standard InChI is InChI=1S/C12H17ClN2O3S/c1-10(16)14-11-5-4-6-12(9-11)15-19(17,18)8-3-2-7-13/h4-6,9,15H,2-3,7-8H2,1H3,(H,14,16). The SMILES string of the molecule is CC(=O)Nc1cccc(NS(=O)(=O)CCCCCl)c1. The molecule has 0 fully saturated rings. The zero-order chi connectivity index (χ0) is 14.3. The van der Waals surface area contributed by atoms with Crippen LogP contribution in [0.3, 0.4) is 0 Å². The van der Waals surface area contributed by atoms with E-state index < -0.39 is 10.0 Å². The number of halogens is 1. The van der Waals surface area contributed by atoms with Gasteiger partial charge in [0.05, 0.1) is 11.4 Å². The molecule has 0 aromatic heterocycles. The van der Waals surface area contributed by atoms with E-state index >= 15 is 0 Å². The van der Waals surface area contributed by atoms with Crippen molar-refractivity contribution in [3.05, 3.63) is 24.3 Å². The average Bonchev–Trinajstić information content (AvgIpc) is 2.27. The molecule has 0 aliphatic heterocycles. The number of unbranched alkanes of at least 4 members (excludes halogenated alkanes) is 1. The largest absolute Gasteiger partial charge is 0.326 e. The Balaban J connectivity index is 2.68. The number of benzene rings is 1. The van der Waals surface area contributed by atoms with Gasteiger partial charge in [-0.2, -0.15) is 0 Å². The zero-order valence-electron chi connectivity index (χ0n) is 10.6. The lowest BCUT2D eigenvalue weighted by Gasteiger charge is -2.09. The maximum absolute atomic E-state index is 11.8. The van der Waals surface area contributed by atoms with Crippen LogP contribution >= 0.6 is 11.6 Å². The number of sulfonamides is 1. The highest BCUT2D eigenvalue weighted by atomic mass is 35.5. The Morgan fingerprint density at radius 3 is 2.58 bits per heavy atom. The molecule has 1 amide bonds. The third-order valence-corrected chi connectivity index (χ3v) is 3.89. The average molecular weight is 305 g/mol. The summed E-state index contributed by atoms with van der Waals surface area (Å²) in [6, 6.07) is 6.56. The Kier molecular flexibility index (Phi) is 6.11. The Labute approximate surface area is 118 Å². The molecule has 0 saturated carbocycles. The molecule has 0 aliphatic rings. The highest BCUT2D eigenvalue weighted by Gasteiger charge is 2.10. The van der Waals surface area contributed by atoms with Gasteiger partial charge in [-0.3, -0.25) is 9.52 Å². The molecule has 19 heavy (non-hydrogen) atoms. The van der Waals surface area contributed by atoms with Crippen LogP contribution in [0.2, 0.25) is 0 Å². The maximum atomic E-state index is 11.8. The molecule has 7 heteroatoms. The molecule has 5 nitrogen and oxygen atoms in total. The van der Waals surface area contributed by atoms with Gasteiger partial charge in [-0.05, 0) is 31.0 Å². The van der Waals surface area contributed by atoms with Crippen molar-refractivity contribution in [3.8, 4) is 0 Å². The van der Waals surface area contributed by atoms with Crippen molar-refractivity contribution >= 4 is 38.9 Å². The molecule has 0 saturated heterocycles. The normalized spacial score (nSPS) is 11.1. The minimum Gasteiger partial charge on any atom is -0.326 e. The predicted molar refractivity (Wildman–Crippen MR) is 78.1 cm³/mol. The first-order chi connectivity index (χ1) is 8.93. The molecule has 0 radical (unpaired) electrons. The smallest absolute Gasteiger partial charge is 0.232 e. The van der Waals surface area contributed by atoms with Crippen molar-refractivity contribution in [1.29, 1.82) is 0 Å². The van der Waals surface area contributed by atoms with Crippen LogP contribution in [-0.2, 0) is 14.8 Å². The van der Waals surface area contributed by atoms with E-state index in [0.29, 0.717) is 30.1 Å². The number of anilines is 2. The second-order valence-corrected chi connectivity index (χ2v) is 6.30. The lowest BCUT2D eigenvalue weighted by Crippen LogP contribution is -2.17. The second-order valence-electron chi connectivity index (χ2n) is 4.08. The summed E-state index contributed by atoms with van der Waals surface area (Å²) < 4.78 is 26.0. The Bertz CT molecular complexity index is 532. The summed E-state index contributed by atoms with van der Waals surface area (Å²) in [5.41, 5.74) is 0.977. The van der Waals surface area contributed by atoms with Gasteiger partial charge >= 0.3 is 0 Å². The first-order valence-corrected chi connectivity index (χ1v) is 8.06. The van der Waals surface area contributed by atoms with E-state index in [0.717, 1.165) is 0 Å². The molecule has 0 heterocycles. The van der Waals surface area contributed by atoms with E-state index in [1.54, 1.807) is 24.3 Å². The van der Waals surface area contributed by atoms with Gasteiger partial charge in [-0.1, -0.05) is 6.07 Å². The predicted octanol–water partition coefficient (Wildman–Crippen LogP) is 2.41. The number of alkyl halides is 1. The van der Waals surface area contributed by atoms with Crippen LogP contribution in [-0.4, -0.2) is 26.0 Å². The van der Waals surface area contributed by atoms with Crippen LogP contribution in [0.5, 0.6) is 0 Å². The molecule has 1 rings (SSSR count). The van der Waals surface area contributed by atoms with Crippen LogP contribution < -0.4 is 10.0 Å². The maximum Gasteiger partial charge on any atom is 0.232 e. The number of hydrogen-bond acceptors (Lipinski definition) is 3. The van der Waals surface area contributed by atoms with Crippen molar-refractivity contribution in [1.82, 2.24) is 0 Å². The third-order valence-electron chi connectivity index (χ3n) is 2.25. The number of hydrogen-bond donors (Lipinski definition) is 2. The number of nitrogens with one attached hydrogen (secondary N) is 2. The Hall–Kier alpha value is -1.27. The van der Waals surface area contributed by atoms with Crippen LogP contribution in [0.4, 0.5) is 11.4 Å². The molecule has 1 aromatic rings. The lowest BCUT2D eigenvalue weighted by molar-refractivity contribution is -0.114. The van der Waals surface area contributed by atoms with E-state index in [1.807, 2.05) is 0 Å². The zero-order valence-corrected chi connectivity index (χ0v) is 12.2. The van der Waals surface area contributed by atoms with Gasteiger partial charge < -0.3 is 5.32 Å². The number of carbonyl (C=O) groups is 1. The van der Waals surface area contributed by atoms with Gasteiger partial charge in [0, 0.05) is 18.5 Å². The number of rotatable bonds is 7. The quantitative estimate of drug-likeness (QED) is 0.600. The molecule has 106 valence electrons. The van der Waals surface area contributed by atoms with Gasteiger partial charge in [-0.25, -0.2) is 8.42 Å².